The van der Waals surface area contributed by atoms with Crippen molar-refractivity contribution in [2.24, 2.45) is 10.5 Å². The van der Waals surface area contributed by atoms with Gasteiger partial charge in [0.1, 0.15) is 40.4 Å². The van der Waals surface area contributed by atoms with E-state index in [1.165, 1.54) is 0 Å². The van der Waals surface area contributed by atoms with E-state index >= 15 is 4.39 Å². The van der Waals surface area contributed by atoms with Crippen LogP contribution in [0.1, 0.15) is 43.0 Å². The predicted molar refractivity (Wildman–Crippen MR) is 120 cm³/mol. The van der Waals surface area contributed by atoms with Crippen molar-refractivity contribution in [1.82, 2.24) is 4.90 Å². The minimum absolute atomic E-state index is 0.115. The van der Waals surface area contributed by atoms with E-state index in [0.717, 1.165) is 48.5 Å². The Morgan fingerprint density at radius 1 is 1.16 bits per heavy atom. The Bertz CT molecular complexity index is 1260. The highest BCUT2D eigenvalue weighted by molar-refractivity contribution is 6.06. The first-order valence-corrected chi connectivity index (χ1v) is 11.5. The maximum atomic E-state index is 15.3. The SMILES string of the molecule is C[C@H](Oc1cc(N2N=C3CC4(CCN3C2O)CC4)c(F)cc1C(=O)Nc1c(F)cccc1F)C(F)(F)F. The summed E-state index contributed by atoms with van der Waals surface area (Å²) < 4.78 is 88.1. The Labute approximate surface area is 207 Å². The lowest BCUT2D eigenvalue weighted by Crippen LogP contribution is -2.46. The average Bonchev–Trinajstić information content (AvgIpc) is 3.49. The van der Waals surface area contributed by atoms with Crippen molar-refractivity contribution in [1.29, 1.82) is 0 Å². The van der Waals surface area contributed by atoms with Gasteiger partial charge in [0.15, 0.2) is 6.10 Å². The second-order valence-electron chi connectivity index (χ2n) is 9.48. The Hall–Kier alpha value is -3.48. The average molecular weight is 528 g/mol. The third kappa shape index (κ3) is 4.67. The molecule has 1 unspecified atom stereocenters. The molecule has 1 saturated carbocycles. The van der Waals surface area contributed by atoms with Gasteiger partial charge in [-0.05, 0) is 49.8 Å². The Kier molecular flexibility index (Phi) is 6.00. The first-order chi connectivity index (χ1) is 17.4. The molecule has 2 fully saturated rings. The lowest BCUT2D eigenvalue weighted by atomic mass is 9.93. The zero-order valence-electron chi connectivity index (χ0n) is 19.5. The molecule has 1 saturated heterocycles. The number of fused-ring (bicyclic) bond motifs is 1. The number of carbonyl (C=O) groups is 1. The Morgan fingerprint density at radius 3 is 2.46 bits per heavy atom. The van der Waals surface area contributed by atoms with Crippen molar-refractivity contribution in [2.75, 3.05) is 16.9 Å². The molecule has 2 heterocycles. The second kappa shape index (κ2) is 8.82. The van der Waals surface area contributed by atoms with Crippen molar-refractivity contribution < 1.29 is 41.0 Å². The molecule has 37 heavy (non-hydrogen) atoms. The molecule has 7 nitrogen and oxygen atoms in total. The molecule has 13 heteroatoms. The van der Waals surface area contributed by atoms with E-state index in [4.69, 9.17) is 4.74 Å². The number of alkyl halides is 3. The van der Waals surface area contributed by atoms with Gasteiger partial charge in [-0.2, -0.15) is 18.3 Å². The second-order valence-corrected chi connectivity index (χ2v) is 9.48. The standard InChI is InChI=1S/C24H22F6N4O3/c1-12(24(28,29)30)37-18-10-17(34-22(36)33-8-7-23(5-6-23)11-19(33)32-34)16(27)9-13(18)21(35)31-20-14(25)3-2-4-15(20)26/h2-4,9-10,12,22,36H,5-8,11H2,1H3,(H,31,35)/t12-,22?/m0/s1. The minimum Gasteiger partial charge on any atom is -0.480 e. The molecule has 2 aromatic rings. The molecule has 2 atom stereocenters. The van der Waals surface area contributed by atoms with E-state index in [2.05, 4.69) is 5.10 Å². The van der Waals surface area contributed by atoms with Crippen molar-refractivity contribution in [3.63, 3.8) is 0 Å². The molecule has 0 radical (unpaired) electrons. The quantitative estimate of drug-likeness (QED) is 0.536. The number of amidine groups is 1. The van der Waals surface area contributed by atoms with Crippen LogP contribution >= 0.6 is 0 Å². The molecule has 1 aliphatic carbocycles. The fourth-order valence-corrected chi connectivity index (χ4v) is 4.49. The van der Waals surface area contributed by atoms with Crippen molar-refractivity contribution in [3.05, 3.63) is 53.3 Å². The summed E-state index contributed by atoms with van der Waals surface area (Å²) in [4.78, 5) is 14.4. The summed E-state index contributed by atoms with van der Waals surface area (Å²) in [7, 11) is 0. The van der Waals surface area contributed by atoms with Crippen molar-refractivity contribution in [2.45, 2.75) is 51.2 Å². The monoisotopic (exact) mass is 528 g/mol. The number of nitrogens with one attached hydrogen (secondary N) is 1. The summed E-state index contributed by atoms with van der Waals surface area (Å²) in [5.41, 5.74) is -1.92. The Morgan fingerprint density at radius 2 is 1.84 bits per heavy atom. The number of carbonyl (C=O) groups excluding carboxylic acids is 1. The van der Waals surface area contributed by atoms with Crippen LogP contribution in [0.25, 0.3) is 0 Å². The molecule has 0 aromatic heterocycles. The number of amides is 1. The Balaban J connectivity index is 1.51. The van der Waals surface area contributed by atoms with Crippen LogP contribution in [0.5, 0.6) is 5.75 Å². The van der Waals surface area contributed by atoms with Gasteiger partial charge in [-0.1, -0.05) is 6.07 Å². The number of aliphatic hydroxyl groups excluding tert-OH is 1. The van der Waals surface area contributed by atoms with Crippen LogP contribution in [-0.2, 0) is 0 Å². The topological polar surface area (TPSA) is 77.4 Å². The van der Waals surface area contributed by atoms with Crippen LogP contribution in [-0.4, -0.2) is 46.9 Å². The van der Waals surface area contributed by atoms with Gasteiger partial charge in [-0.15, -0.1) is 0 Å². The number of rotatable bonds is 5. The van der Waals surface area contributed by atoms with Gasteiger partial charge < -0.3 is 20.1 Å². The lowest BCUT2D eigenvalue weighted by Gasteiger charge is -2.33. The predicted octanol–water partition coefficient (Wildman–Crippen LogP) is 4.97. The number of hydrogen-bond donors (Lipinski definition) is 2. The minimum atomic E-state index is -4.84. The number of piperidine rings is 1. The summed E-state index contributed by atoms with van der Waals surface area (Å²) in [6.45, 7) is 1.16. The fraction of sp³-hybridized carbons (Fsp3) is 0.417. The zero-order valence-corrected chi connectivity index (χ0v) is 19.5. The van der Waals surface area contributed by atoms with E-state index in [0.29, 0.717) is 31.8 Å². The number of hydrazone groups is 1. The smallest absolute Gasteiger partial charge is 0.425 e. The van der Waals surface area contributed by atoms with Gasteiger partial charge in [-0.25, -0.2) is 18.2 Å². The molecule has 1 amide bonds. The van der Waals surface area contributed by atoms with Gasteiger partial charge in [0.2, 0.25) is 6.35 Å². The third-order valence-corrected chi connectivity index (χ3v) is 6.93. The lowest BCUT2D eigenvalue weighted by molar-refractivity contribution is -0.189. The molecule has 2 aliphatic heterocycles. The summed E-state index contributed by atoms with van der Waals surface area (Å²) in [6, 6.07) is 4.16. The number of hydrogen-bond acceptors (Lipinski definition) is 6. The number of halogens is 6. The summed E-state index contributed by atoms with van der Waals surface area (Å²) >= 11 is 0. The van der Waals surface area contributed by atoms with Gasteiger partial charge in [-0.3, -0.25) is 4.79 Å². The summed E-state index contributed by atoms with van der Waals surface area (Å²) in [5.74, 6) is -4.89. The van der Waals surface area contributed by atoms with Crippen LogP contribution in [0.4, 0.5) is 37.7 Å². The van der Waals surface area contributed by atoms with Crippen LogP contribution in [0.3, 0.4) is 0 Å². The van der Waals surface area contributed by atoms with Crippen LogP contribution in [0, 0.1) is 22.9 Å². The number of benzene rings is 2. The van der Waals surface area contributed by atoms with E-state index in [1.807, 2.05) is 5.32 Å². The highest BCUT2D eigenvalue weighted by atomic mass is 19.4. The van der Waals surface area contributed by atoms with Crippen LogP contribution in [0.2, 0.25) is 0 Å². The van der Waals surface area contributed by atoms with E-state index in [9.17, 15) is 31.9 Å². The maximum absolute atomic E-state index is 15.3. The first-order valence-electron chi connectivity index (χ1n) is 11.5. The molecule has 2 aromatic carbocycles. The number of aliphatic hydroxyl groups is 1. The zero-order chi connectivity index (χ0) is 26.7. The molecule has 1 spiro atoms. The number of ether oxygens (including phenoxy) is 1. The normalized spacial score (nSPS) is 21.0. The summed E-state index contributed by atoms with van der Waals surface area (Å²) in [5, 5.41) is 17.9. The molecule has 3 aliphatic rings. The number of nitrogens with zero attached hydrogens (tertiary/aromatic N) is 3. The van der Waals surface area contributed by atoms with Crippen molar-refractivity contribution in [3.8, 4) is 5.75 Å². The highest BCUT2D eigenvalue weighted by Gasteiger charge is 2.50. The molecule has 0 bridgehead atoms. The van der Waals surface area contributed by atoms with Gasteiger partial charge in [0.05, 0.1) is 5.56 Å². The van der Waals surface area contributed by atoms with E-state index in [1.54, 1.807) is 4.90 Å². The third-order valence-electron chi connectivity index (χ3n) is 6.93. The first kappa shape index (κ1) is 25.2. The van der Waals surface area contributed by atoms with E-state index in [-0.39, 0.29) is 5.41 Å². The number of anilines is 2. The summed E-state index contributed by atoms with van der Waals surface area (Å²) in [6.07, 6.45) is -5.24. The van der Waals surface area contributed by atoms with Gasteiger partial charge >= 0.3 is 6.18 Å². The van der Waals surface area contributed by atoms with Crippen molar-refractivity contribution >= 4 is 23.1 Å². The van der Waals surface area contributed by atoms with Crippen LogP contribution < -0.4 is 15.1 Å². The molecule has 198 valence electrons. The number of para-hydroxylation sites is 1. The van der Waals surface area contributed by atoms with Crippen LogP contribution in [0.15, 0.2) is 35.4 Å². The molecular formula is C24H22F6N4O3. The fourth-order valence-electron chi connectivity index (χ4n) is 4.49. The highest BCUT2D eigenvalue weighted by Crippen LogP contribution is 2.55. The molecule has 5 rings (SSSR count). The van der Waals surface area contributed by atoms with Gasteiger partial charge in [0.25, 0.3) is 5.91 Å². The van der Waals surface area contributed by atoms with Gasteiger partial charge in [0, 0.05) is 19.0 Å². The maximum Gasteiger partial charge on any atom is 0.425 e. The molecular weight excluding hydrogens is 506 g/mol. The largest absolute Gasteiger partial charge is 0.480 e. The van der Waals surface area contributed by atoms with E-state index < -0.39 is 64.7 Å². The molecule has 2 N–H and O–H groups in total.